The number of carboxylic acids is 1. The van der Waals surface area contributed by atoms with Gasteiger partial charge < -0.3 is 5.11 Å². The van der Waals surface area contributed by atoms with Gasteiger partial charge in [-0.25, -0.2) is 13.1 Å². The van der Waals surface area contributed by atoms with Crippen LogP contribution in [0.15, 0.2) is 29.2 Å². The predicted octanol–water partition coefficient (Wildman–Crippen LogP) is 1.28. The Hall–Kier alpha value is -1.91. The number of hydrogen-bond acceptors (Lipinski definition) is 4. The molecule has 0 spiro atoms. The van der Waals surface area contributed by atoms with Gasteiger partial charge in [0.25, 0.3) is 0 Å². The van der Waals surface area contributed by atoms with Crippen molar-refractivity contribution in [3.05, 3.63) is 29.8 Å². The molecule has 0 aromatic heterocycles. The molecule has 1 aromatic carbocycles. The fourth-order valence-corrected chi connectivity index (χ4v) is 3.44. The molecule has 0 saturated heterocycles. The van der Waals surface area contributed by atoms with Crippen molar-refractivity contribution >= 4 is 16.0 Å². The molecule has 0 amide bonds. The minimum atomic E-state index is -3.74. The van der Waals surface area contributed by atoms with Gasteiger partial charge in [0.05, 0.1) is 23.8 Å². The van der Waals surface area contributed by atoms with Gasteiger partial charge in [0.2, 0.25) is 10.0 Å². The summed E-state index contributed by atoms with van der Waals surface area (Å²) in [7, 11) is -3.74. The van der Waals surface area contributed by atoms with Crippen LogP contribution in [0.3, 0.4) is 0 Å². The zero-order chi connectivity index (χ0) is 15.5. The summed E-state index contributed by atoms with van der Waals surface area (Å²) in [5, 5.41) is 17.4. The standard InChI is InChI=1S/C14H16N2O4S/c15-8-7-10-1-5-12(6-2-10)21(19,20)16-13(9-14(17)18)11-3-4-11/h1-2,5-6,11,13,16H,3-4,7,9H2,(H,17,18). The number of nitrogens with one attached hydrogen (secondary N) is 1. The smallest absolute Gasteiger partial charge is 0.304 e. The summed E-state index contributed by atoms with van der Waals surface area (Å²) < 4.78 is 27.0. The molecule has 1 fully saturated rings. The van der Waals surface area contributed by atoms with Crippen molar-refractivity contribution in [3.63, 3.8) is 0 Å². The van der Waals surface area contributed by atoms with Gasteiger partial charge in [-0.15, -0.1) is 0 Å². The number of carboxylic acid groups (broad SMARTS) is 1. The van der Waals surface area contributed by atoms with E-state index in [-0.39, 0.29) is 23.7 Å². The predicted molar refractivity (Wildman–Crippen MR) is 74.8 cm³/mol. The largest absolute Gasteiger partial charge is 0.481 e. The van der Waals surface area contributed by atoms with Gasteiger partial charge >= 0.3 is 5.97 Å². The molecule has 0 aliphatic heterocycles. The summed E-state index contributed by atoms with van der Waals surface area (Å²) in [5.41, 5.74) is 0.737. The Balaban J connectivity index is 2.13. The van der Waals surface area contributed by atoms with Crippen LogP contribution in [0.1, 0.15) is 24.8 Å². The summed E-state index contributed by atoms with van der Waals surface area (Å²) >= 11 is 0. The molecule has 0 radical (unpaired) electrons. The zero-order valence-electron chi connectivity index (χ0n) is 11.3. The number of carbonyl (C=O) groups is 1. The van der Waals surface area contributed by atoms with E-state index in [2.05, 4.69) is 4.72 Å². The molecule has 21 heavy (non-hydrogen) atoms. The van der Waals surface area contributed by atoms with Crippen molar-refractivity contribution in [2.45, 2.75) is 36.6 Å². The van der Waals surface area contributed by atoms with Gasteiger partial charge in [0.15, 0.2) is 0 Å². The van der Waals surface area contributed by atoms with E-state index in [9.17, 15) is 13.2 Å². The minimum Gasteiger partial charge on any atom is -0.481 e. The Morgan fingerprint density at radius 3 is 2.48 bits per heavy atom. The van der Waals surface area contributed by atoms with E-state index in [0.717, 1.165) is 18.4 Å². The summed E-state index contributed by atoms with van der Waals surface area (Å²) in [4.78, 5) is 10.9. The van der Waals surface area contributed by atoms with Crippen LogP contribution in [0.2, 0.25) is 0 Å². The molecule has 1 unspecified atom stereocenters. The molecule has 6 nitrogen and oxygen atoms in total. The third kappa shape index (κ3) is 4.28. The molecule has 2 rings (SSSR count). The highest BCUT2D eigenvalue weighted by molar-refractivity contribution is 7.89. The van der Waals surface area contributed by atoms with Gasteiger partial charge in [-0.05, 0) is 36.5 Å². The third-order valence-corrected chi connectivity index (χ3v) is 4.91. The van der Waals surface area contributed by atoms with Gasteiger partial charge in [0, 0.05) is 6.04 Å². The number of sulfonamides is 1. The molecule has 1 aliphatic carbocycles. The number of nitrogens with zero attached hydrogens (tertiary/aromatic N) is 1. The van der Waals surface area contributed by atoms with Crippen LogP contribution in [-0.4, -0.2) is 25.5 Å². The van der Waals surface area contributed by atoms with E-state index >= 15 is 0 Å². The first-order valence-electron chi connectivity index (χ1n) is 6.62. The highest BCUT2D eigenvalue weighted by Gasteiger charge is 2.35. The Kier molecular flexibility index (Phi) is 4.60. The maximum Gasteiger partial charge on any atom is 0.304 e. The molecule has 1 aromatic rings. The Morgan fingerprint density at radius 2 is 2.00 bits per heavy atom. The second kappa shape index (κ2) is 6.24. The molecule has 1 saturated carbocycles. The molecule has 1 atom stereocenters. The Bertz CT molecular complexity index is 657. The summed E-state index contributed by atoms with van der Waals surface area (Å²) in [6, 6.07) is 7.45. The molecule has 0 heterocycles. The summed E-state index contributed by atoms with van der Waals surface area (Å²) in [5.74, 6) is -0.910. The van der Waals surface area contributed by atoms with E-state index in [1.165, 1.54) is 12.1 Å². The average molecular weight is 308 g/mol. The van der Waals surface area contributed by atoms with Crippen LogP contribution in [-0.2, 0) is 21.2 Å². The van der Waals surface area contributed by atoms with Crippen LogP contribution in [0.4, 0.5) is 0 Å². The fourth-order valence-electron chi connectivity index (χ4n) is 2.14. The van der Waals surface area contributed by atoms with Crippen LogP contribution in [0.25, 0.3) is 0 Å². The lowest BCUT2D eigenvalue weighted by Gasteiger charge is -2.16. The maximum atomic E-state index is 12.3. The highest BCUT2D eigenvalue weighted by Crippen LogP contribution is 2.34. The van der Waals surface area contributed by atoms with Crippen LogP contribution < -0.4 is 4.72 Å². The van der Waals surface area contributed by atoms with Crippen molar-refractivity contribution in [3.8, 4) is 6.07 Å². The highest BCUT2D eigenvalue weighted by atomic mass is 32.2. The average Bonchev–Trinajstić information content (AvgIpc) is 3.22. The number of benzene rings is 1. The SMILES string of the molecule is N#CCc1ccc(S(=O)(=O)NC(CC(=O)O)C2CC2)cc1. The second-order valence-corrected chi connectivity index (χ2v) is 6.86. The van der Waals surface area contributed by atoms with Crippen LogP contribution >= 0.6 is 0 Å². The maximum absolute atomic E-state index is 12.3. The van der Waals surface area contributed by atoms with Gasteiger partial charge in [0.1, 0.15) is 0 Å². The third-order valence-electron chi connectivity index (χ3n) is 3.41. The molecule has 1 aliphatic rings. The van der Waals surface area contributed by atoms with E-state index in [4.69, 9.17) is 10.4 Å². The zero-order valence-corrected chi connectivity index (χ0v) is 12.1. The summed E-state index contributed by atoms with van der Waals surface area (Å²) in [6.07, 6.45) is 1.71. The molecule has 2 N–H and O–H groups in total. The van der Waals surface area contributed by atoms with E-state index in [1.807, 2.05) is 6.07 Å². The Morgan fingerprint density at radius 1 is 1.38 bits per heavy atom. The normalized spacial score (nSPS) is 16.1. The molecule has 112 valence electrons. The van der Waals surface area contributed by atoms with Crippen molar-refractivity contribution in [1.29, 1.82) is 5.26 Å². The molecule has 7 heteroatoms. The van der Waals surface area contributed by atoms with E-state index in [1.54, 1.807) is 12.1 Å². The van der Waals surface area contributed by atoms with E-state index in [0.29, 0.717) is 0 Å². The monoisotopic (exact) mass is 308 g/mol. The lowest BCUT2D eigenvalue weighted by Crippen LogP contribution is -2.38. The number of hydrogen-bond donors (Lipinski definition) is 2. The van der Waals surface area contributed by atoms with E-state index < -0.39 is 22.0 Å². The molecular weight excluding hydrogens is 292 g/mol. The van der Waals surface area contributed by atoms with Crippen molar-refractivity contribution in [1.82, 2.24) is 4.72 Å². The molecule has 0 bridgehead atoms. The van der Waals surface area contributed by atoms with Gasteiger partial charge in [-0.1, -0.05) is 12.1 Å². The first-order chi connectivity index (χ1) is 9.92. The number of rotatable bonds is 7. The van der Waals surface area contributed by atoms with Gasteiger partial charge in [-0.3, -0.25) is 4.79 Å². The Labute approximate surface area is 123 Å². The molecular formula is C14H16N2O4S. The van der Waals surface area contributed by atoms with Crippen LogP contribution in [0, 0.1) is 17.2 Å². The lowest BCUT2D eigenvalue weighted by molar-refractivity contribution is -0.137. The number of nitriles is 1. The first-order valence-corrected chi connectivity index (χ1v) is 8.10. The number of aliphatic carboxylic acids is 1. The van der Waals surface area contributed by atoms with Crippen LogP contribution in [0.5, 0.6) is 0 Å². The summed E-state index contributed by atoms with van der Waals surface area (Å²) in [6.45, 7) is 0. The fraction of sp³-hybridized carbons (Fsp3) is 0.429. The topological polar surface area (TPSA) is 107 Å². The second-order valence-electron chi connectivity index (χ2n) is 5.14. The van der Waals surface area contributed by atoms with Gasteiger partial charge in [-0.2, -0.15) is 5.26 Å². The van der Waals surface area contributed by atoms with Crippen molar-refractivity contribution < 1.29 is 18.3 Å². The minimum absolute atomic E-state index is 0.0835. The van der Waals surface area contributed by atoms with Crippen molar-refractivity contribution in [2.24, 2.45) is 5.92 Å². The van der Waals surface area contributed by atoms with Crippen molar-refractivity contribution in [2.75, 3.05) is 0 Å². The first kappa shape index (κ1) is 15.5. The lowest BCUT2D eigenvalue weighted by atomic mass is 10.1. The quantitative estimate of drug-likeness (QED) is 0.789.